The van der Waals surface area contributed by atoms with Gasteiger partial charge in [-0.25, -0.2) is 9.18 Å². The van der Waals surface area contributed by atoms with E-state index in [2.05, 4.69) is 4.98 Å². The van der Waals surface area contributed by atoms with E-state index in [1.165, 1.54) is 12.1 Å². The van der Waals surface area contributed by atoms with Crippen molar-refractivity contribution in [3.05, 3.63) is 58.2 Å². The van der Waals surface area contributed by atoms with Crippen LogP contribution in [0, 0.1) is 19.7 Å². The number of carbonyl (C=O) groups is 3. The molecule has 160 valence electrons. The highest BCUT2D eigenvalue weighted by Crippen LogP contribution is 2.42. The predicted molar refractivity (Wildman–Crippen MR) is 108 cm³/mol. The van der Waals surface area contributed by atoms with Gasteiger partial charge < -0.3 is 14.5 Å². The van der Waals surface area contributed by atoms with Gasteiger partial charge in [0.25, 0.3) is 0 Å². The summed E-state index contributed by atoms with van der Waals surface area (Å²) < 4.78 is 23.8. The fraction of sp³-hybridized carbons (Fsp3) is 0.435. The highest BCUT2D eigenvalue weighted by molar-refractivity contribution is 6.09. The Morgan fingerprint density at radius 3 is 2.20 bits per heavy atom. The van der Waals surface area contributed by atoms with Gasteiger partial charge in [0.05, 0.1) is 23.1 Å². The van der Waals surface area contributed by atoms with Crippen molar-refractivity contribution in [1.82, 2.24) is 4.98 Å². The molecule has 1 aromatic carbocycles. The van der Waals surface area contributed by atoms with Gasteiger partial charge in [0, 0.05) is 11.4 Å². The second-order valence-electron chi connectivity index (χ2n) is 7.64. The normalized spacial score (nSPS) is 15.1. The topological polar surface area (TPSA) is 85.5 Å². The summed E-state index contributed by atoms with van der Waals surface area (Å²) in [4.78, 5) is 41.2. The SMILES string of the molecule is CCOC(=O)c1c(C)[nH]c(C)c1C(=O)COC(=O)C1(c2ccc(F)cc2)CCCC1. The minimum Gasteiger partial charge on any atom is -0.462 e. The Balaban J connectivity index is 1.80. The molecule has 0 aliphatic heterocycles. The second-order valence-corrected chi connectivity index (χ2v) is 7.64. The summed E-state index contributed by atoms with van der Waals surface area (Å²) in [5.41, 5.74) is 1.22. The Morgan fingerprint density at radius 1 is 1.00 bits per heavy atom. The Labute approximate surface area is 174 Å². The first kappa shape index (κ1) is 21.7. The van der Waals surface area contributed by atoms with Gasteiger partial charge >= 0.3 is 11.9 Å². The van der Waals surface area contributed by atoms with Crippen LogP contribution in [0.1, 0.15) is 70.3 Å². The summed E-state index contributed by atoms with van der Waals surface area (Å²) in [7, 11) is 0. The maximum Gasteiger partial charge on any atom is 0.340 e. The highest BCUT2D eigenvalue weighted by atomic mass is 19.1. The number of ether oxygens (including phenoxy) is 2. The fourth-order valence-electron chi connectivity index (χ4n) is 4.29. The van der Waals surface area contributed by atoms with Crippen LogP contribution in [-0.4, -0.2) is 35.9 Å². The number of Topliss-reactive ketones (excluding diaryl/α,β-unsaturated/α-hetero) is 1. The standard InChI is InChI=1S/C23H26FNO5/c1-4-29-21(27)20-15(3)25-14(2)19(20)18(26)13-30-22(28)23(11-5-6-12-23)16-7-9-17(24)10-8-16/h7-10,25H,4-6,11-13H2,1-3H3. The molecule has 6 nitrogen and oxygen atoms in total. The van der Waals surface area contributed by atoms with Gasteiger partial charge in [-0.05, 0) is 51.3 Å². The van der Waals surface area contributed by atoms with Crippen LogP contribution in [0.4, 0.5) is 4.39 Å². The summed E-state index contributed by atoms with van der Waals surface area (Å²) in [5, 5.41) is 0. The van der Waals surface area contributed by atoms with Crippen LogP contribution >= 0.6 is 0 Å². The monoisotopic (exact) mass is 415 g/mol. The molecule has 0 amide bonds. The van der Waals surface area contributed by atoms with Gasteiger partial charge in [0.2, 0.25) is 5.78 Å². The molecule has 0 saturated heterocycles. The molecule has 1 heterocycles. The van der Waals surface area contributed by atoms with Gasteiger partial charge in [-0.3, -0.25) is 9.59 Å². The van der Waals surface area contributed by atoms with Gasteiger partial charge in [-0.2, -0.15) is 0 Å². The number of benzene rings is 1. The number of H-pyrrole nitrogens is 1. The summed E-state index contributed by atoms with van der Waals surface area (Å²) in [5.74, 6) is -1.93. The highest BCUT2D eigenvalue weighted by Gasteiger charge is 2.44. The molecule has 30 heavy (non-hydrogen) atoms. The van der Waals surface area contributed by atoms with Crippen LogP contribution in [0.3, 0.4) is 0 Å². The van der Waals surface area contributed by atoms with Gasteiger partial charge in [-0.15, -0.1) is 0 Å². The molecular weight excluding hydrogens is 389 g/mol. The molecule has 1 aliphatic carbocycles. The number of carbonyl (C=O) groups excluding carboxylic acids is 3. The number of hydrogen-bond donors (Lipinski definition) is 1. The Bertz CT molecular complexity index is 955. The van der Waals surface area contributed by atoms with Crippen molar-refractivity contribution in [2.45, 2.75) is 51.9 Å². The molecule has 0 spiro atoms. The summed E-state index contributed by atoms with van der Waals surface area (Å²) in [6.45, 7) is 4.76. The number of aromatic amines is 1. The first-order chi connectivity index (χ1) is 14.3. The molecule has 2 aromatic rings. The maximum absolute atomic E-state index is 13.3. The van der Waals surface area contributed by atoms with Crippen molar-refractivity contribution in [1.29, 1.82) is 0 Å². The fourth-order valence-corrected chi connectivity index (χ4v) is 4.29. The number of esters is 2. The van der Waals surface area contributed by atoms with E-state index in [0.717, 1.165) is 12.8 Å². The van der Waals surface area contributed by atoms with Crippen molar-refractivity contribution in [3.63, 3.8) is 0 Å². The third-order valence-electron chi connectivity index (χ3n) is 5.71. The predicted octanol–water partition coefficient (Wildman–Crippen LogP) is 4.19. The minimum atomic E-state index is -0.874. The van der Waals surface area contributed by atoms with Crippen LogP contribution in [0.2, 0.25) is 0 Å². The van der Waals surface area contributed by atoms with Crippen molar-refractivity contribution in [2.24, 2.45) is 0 Å². The van der Waals surface area contributed by atoms with Crippen molar-refractivity contribution < 1.29 is 28.2 Å². The van der Waals surface area contributed by atoms with Crippen LogP contribution in [0.5, 0.6) is 0 Å². The molecule has 3 rings (SSSR count). The lowest BCUT2D eigenvalue weighted by Crippen LogP contribution is -2.36. The van der Waals surface area contributed by atoms with E-state index in [1.54, 1.807) is 32.9 Å². The van der Waals surface area contributed by atoms with E-state index in [-0.39, 0.29) is 23.6 Å². The van der Waals surface area contributed by atoms with E-state index < -0.39 is 29.7 Å². The minimum absolute atomic E-state index is 0.171. The number of aromatic nitrogens is 1. The number of nitrogens with one attached hydrogen (secondary N) is 1. The largest absolute Gasteiger partial charge is 0.462 e. The zero-order valence-corrected chi connectivity index (χ0v) is 17.5. The molecule has 0 radical (unpaired) electrons. The number of halogens is 1. The van der Waals surface area contributed by atoms with Crippen molar-refractivity contribution in [2.75, 3.05) is 13.2 Å². The molecule has 1 fully saturated rings. The average Bonchev–Trinajstić information content (AvgIpc) is 3.31. The van der Waals surface area contributed by atoms with Crippen LogP contribution in [-0.2, 0) is 19.7 Å². The Morgan fingerprint density at radius 2 is 1.60 bits per heavy atom. The van der Waals surface area contributed by atoms with E-state index in [4.69, 9.17) is 9.47 Å². The number of aryl methyl sites for hydroxylation is 2. The number of ketones is 1. The zero-order chi connectivity index (χ0) is 21.9. The molecule has 7 heteroatoms. The smallest absolute Gasteiger partial charge is 0.340 e. The van der Waals surface area contributed by atoms with Crippen LogP contribution < -0.4 is 0 Å². The molecule has 0 bridgehead atoms. The molecule has 0 atom stereocenters. The van der Waals surface area contributed by atoms with Gasteiger partial charge in [0.15, 0.2) is 6.61 Å². The van der Waals surface area contributed by atoms with Gasteiger partial charge in [-0.1, -0.05) is 25.0 Å². The third kappa shape index (κ3) is 4.01. The molecule has 1 aliphatic rings. The average molecular weight is 415 g/mol. The zero-order valence-electron chi connectivity index (χ0n) is 17.5. The molecular formula is C23H26FNO5. The van der Waals surface area contributed by atoms with Crippen LogP contribution in [0.25, 0.3) is 0 Å². The van der Waals surface area contributed by atoms with E-state index >= 15 is 0 Å². The van der Waals surface area contributed by atoms with E-state index in [9.17, 15) is 18.8 Å². The van der Waals surface area contributed by atoms with Gasteiger partial charge in [0.1, 0.15) is 5.82 Å². The lowest BCUT2D eigenvalue weighted by molar-refractivity contribution is -0.149. The second kappa shape index (κ2) is 8.81. The third-order valence-corrected chi connectivity index (χ3v) is 5.71. The molecule has 1 saturated carbocycles. The number of hydrogen-bond acceptors (Lipinski definition) is 5. The molecule has 0 unspecified atom stereocenters. The Hall–Kier alpha value is -2.96. The molecule has 1 aromatic heterocycles. The first-order valence-electron chi connectivity index (χ1n) is 10.1. The number of rotatable bonds is 7. The summed E-state index contributed by atoms with van der Waals surface area (Å²) >= 11 is 0. The van der Waals surface area contributed by atoms with Crippen molar-refractivity contribution >= 4 is 17.7 Å². The summed E-state index contributed by atoms with van der Waals surface area (Å²) in [6, 6.07) is 5.85. The van der Waals surface area contributed by atoms with E-state index in [1.807, 2.05) is 0 Å². The quantitative estimate of drug-likeness (QED) is 0.541. The Kier molecular flexibility index (Phi) is 6.39. The lowest BCUT2D eigenvalue weighted by atomic mass is 9.79. The lowest BCUT2D eigenvalue weighted by Gasteiger charge is -2.27. The molecule has 1 N–H and O–H groups in total. The first-order valence-corrected chi connectivity index (χ1v) is 10.1. The van der Waals surface area contributed by atoms with Crippen molar-refractivity contribution in [3.8, 4) is 0 Å². The maximum atomic E-state index is 13.3. The van der Waals surface area contributed by atoms with Crippen LogP contribution in [0.15, 0.2) is 24.3 Å². The van der Waals surface area contributed by atoms with E-state index in [0.29, 0.717) is 29.8 Å². The summed E-state index contributed by atoms with van der Waals surface area (Å²) in [6.07, 6.45) is 2.87.